The molecule has 4 N–H and O–H groups in total. The van der Waals surface area contributed by atoms with Crippen LogP contribution in [0, 0.1) is 53.3 Å². The zero-order valence-corrected chi connectivity index (χ0v) is 41.1. The van der Waals surface area contributed by atoms with Gasteiger partial charge in [0.05, 0.1) is 43.0 Å². The molecule has 13 nitrogen and oxygen atoms in total. The van der Waals surface area contributed by atoms with Crippen molar-refractivity contribution < 1.29 is 76.5 Å². The maximum atomic E-state index is 12.7. The Labute approximate surface area is 394 Å². The predicted octanol–water partition coefficient (Wildman–Crippen LogP) is 9.91. The number of halogens is 3. The molecule has 0 heterocycles. The number of rotatable bonds is 19. The number of hydrogen-bond donors (Lipinski definition) is 4. The van der Waals surface area contributed by atoms with Crippen molar-refractivity contribution >= 4 is 29.8 Å². The third kappa shape index (κ3) is 17.5. The molecule has 0 aromatic heterocycles. The fourth-order valence-electron chi connectivity index (χ4n) is 10.6. The first-order valence-electron chi connectivity index (χ1n) is 23.5. The van der Waals surface area contributed by atoms with Gasteiger partial charge >= 0.3 is 36.0 Å². The molecule has 0 aromatic carbocycles. The molecular formula is C51H77F3O13. The Kier molecular flexibility index (Phi) is 19.7. The van der Waals surface area contributed by atoms with Gasteiger partial charge in [-0.25, -0.2) is 4.79 Å². The Morgan fingerprint density at radius 1 is 0.597 bits per heavy atom. The van der Waals surface area contributed by atoms with Crippen molar-refractivity contribution in [2.24, 2.45) is 53.3 Å². The number of carbonyl (C=O) groups is 5. The third-order valence-electron chi connectivity index (χ3n) is 14.2. The molecular weight excluding hydrogens is 878 g/mol. The van der Waals surface area contributed by atoms with E-state index in [0.29, 0.717) is 53.3 Å². The van der Waals surface area contributed by atoms with Gasteiger partial charge in [-0.1, -0.05) is 43.0 Å². The van der Waals surface area contributed by atoms with Crippen LogP contribution in [0.25, 0.3) is 0 Å². The Morgan fingerprint density at radius 3 is 1.31 bits per heavy atom. The fourth-order valence-corrected chi connectivity index (χ4v) is 10.6. The first-order chi connectivity index (χ1) is 30.7. The Bertz CT molecular complexity index is 1830. The lowest BCUT2D eigenvalue weighted by Crippen LogP contribution is -2.47. The maximum Gasteiger partial charge on any atom is 0.416 e. The van der Waals surface area contributed by atoms with Gasteiger partial charge in [0.25, 0.3) is 0 Å². The number of carboxylic acid groups (broad SMARTS) is 3. The second-order valence-electron chi connectivity index (χ2n) is 21.6. The van der Waals surface area contributed by atoms with E-state index in [1.165, 1.54) is 18.9 Å². The second kappa shape index (κ2) is 23.1. The van der Waals surface area contributed by atoms with Crippen LogP contribution in [0.4, 0.5) is 13.2 Å². The van der Waals surface area contributed by atoms with E-state index >= 15 is 0 Å². The highest BCUT2D eigenvalue weighted by molar-refractivity contribution is 5.77. The Morgan fingerprint density at radius 2 is 0.985 bits per heavy atom. The summed E-state index contributed by atoms with van der Waals surface area (Å²) in [6.07, 6.45) is 15.5. The largest absolute Gasteiger partial charge is 0.481 e. The summed E-state index contributed by atoms with van der Waals surface area (Å²) in [4.78, 5) is 53.6. The number of ether oxygens (including phenoxy) is 4. The molecule has 0 aromatic rings. The van der Waals surface area contributed by atoms with Gasteiger partial charge in [0.2, 0.25) is 0 Å². The zero-order valence-electron chi connectivity index (χ0n) is 41.1. The lowest BCUT2D eigenvalue weighted by molar-refractivity contribution is -0.266. The van der Waals surface area contributed by atoms with E-state index in [1.807, 2.05) is 41.5 Å². The van der Waals surface area contributed by atoms with Crippen LogP contribution in [0.5, 0.6) is 0 Å². The van der Waals surface area contributed by atoms with Crippen LogP contribution in [0.15, 0.2) is 49.1 Å². The van der Waals surface area contributed by atoms with E-state index in [9.17, 15) is 42.3 Å². The van der Waals surface area contributed by atoms with E-state index in [-0.39, 0.29) is 37.9 Å². The van der Waals surface area contributed by atoms with Crippen molar-refractivity contribution in [1.82, 2.24) is 0 Å². The topological polar surface area (TPSA) is 203 Å². The maximum absolute atomic E-state index is 12.7. The van der Waals surface area contributed by atoms with E-state index in [1.54, 1.807) is 20.8 Å². The molecule has 67 heavy (non-hydrogen) atoms. The number of fused-ring (bicyclic) bond motifs is 6. The molecule has 16 heteroatoms. The highest BCUT2D eigenvalue weighted by Crippen LogP contribution is 2.51. The van der Waals surface area contributed by atoms with Crippen molar-refractivity contribution in [3.8, 4) is 0 Å². The SMILES string of the molecule is C=CC(C)(C)OC(=O)CCC(=O)O.CC(C)(OC(=O)CCC(=O)O)C1CC2C=CC1C2.CC(C)(OCC(=O)O)C1CC2C=CC1C2.CC(CC(C)(O)C(F)(F)F)OC(C)(C)C1CC2C=CC1C2. The molecule has 3 saturated carbocycles. The van der Waals surface area contributed by atoms with Crippen molar-refractivity contribution in [2.45, 2.75) is 180 Å². The number of alkyl halides is 3. The Hall–Kier alpha value is -4.02. The zero-order chi connectivity index (χ0) is 50.9. The number of aliphatic hydroxyl groups is 1. The van der Waals surface area contributed by atoms with Gasteiger partial charge in [0, 0.05) is 12.3 Å². The highest BCUT2D eigenvalue weighted by atomic mass is 19.4. The van der Waals surface area contributed by atoms with E-state index in [0.717, 1.165) is 32.6 Å². The average Bonchev–Trinajstić information content (AvgIpc) is 4.08. The summed E-state index contributed by atoms with van der Waals surface area (Å²) in [5, 5.41) is 35.0. The minimum Gasteiger partial charge on any atom is -0.481 e. The molecule has 0 amide bonds. The minimum absolute atomic E-state index is 0.0462. The van der Waals surface area contributed by atoms with Gasteiger partial charge in [-0.05, 0) is 161 Å². The summed E-state index contributed by atoms with van der Waals surface area (Å²) in [6.45, 7) is 20.9. The highest BCUT2D eigenvalue weighted by Gasteiger charge is 2.52. The van der Waals surface area contributed by atoms with Gasteiger partial charge in [-0.3, -0.25) is 19.2 Å². The molecule has 11 unspecified atom stereocenters. The van der Waals surface area contributed by atoms with Gasteiger partial charge in [0.1, 0.15) is 17.8 Å². The first kappa shape index (κ1) is 57.3. The predicted molar refractivity (Wildman–Crippen MR) is 244 cm³/mol. The van der Waals surface area contributed by atoms with E-state index < -0.39 is 71.0 Å². The van der Waals surface area contributed by atoms with Crippen molar-refractivity contribution in [3.63, 3.8) is 0 Å². The van der Waals surface area contributed by atoms with Crippen LogP contribution in [0.3, 0.4) is 0 Å². The number of carboxylic acids is 3. The first-order valence-corrected chi connectivity index (χ1v) is 23.5. The average molecular weight is 955 g/mol. The standard InChI is InChI=1S/C16H25F3O2.C14H20O4.C12H18O3.C9H14O4/c1-10(9-15(4,20)16(17,18)19)21-14(2,3)13-8-11-5-6-12(13)7-11;1-14(2,18-13(17)6-5-12(15)16)11-8-9-3-4-10(11)7-9;1-12(2,15-7-11(13)14)10-6-8-3-4-9(10)5-8;1-4-9(2,3)13-8(12)6-5-7(10)11/h5-6,10-13,20H,7-9H2,1-4H3;3-4,9-11H,5-8H2,1-2H3,(H,15,16);3-4,8-10H,5-7H2,1-2H3,(H,13,14);4H,1,5-6H2,2-3H3,(H,10,11). The number of esters is 2. The smallest absolute Gasteiger partial charge is 0.416 e. The van der Waals surface area contributed by atoms with E-state index in [4.69, 9.17) is 34.3 Å². The number of carbonyl (C=O) groups excluding carboxylic acids is 2. The number of hydrogen-bond acceptors (Lipinski definition) is 10. The van der Waals surface area contributed by atoms with Crippen LogP contribution >= 0.6 is 0 Å². The van der Waals surface area contributed by atoms with Crippen molar-refractivity contribution in [3.05, 3.63) is 49.1 Å². The summed E-state index contributed by atoms with van der Waals surface area (Å²) < 4.78 is 60.0. The van der Waals surface area contributed by atoms with Gasteiger partial charge in [0.15, 0.2) is 5.60 Å². The normalized spacial score (nSPS) is 27.9. The third-order valence-corrected chi connectivity index (χ3v) is 14.2. The van der Waals surface area contributed by atoms with Crippen LogP contribution in [0.1, 0.15) is 140 Å². The van der Waals surface area contributed by atoms with Gasteiger partial charge < -0.3 is 39.4 Å². The lowest BCUT2D eigenvalue weighted by Gasteiger charge is -2.39. The van der Waals surface area contributed by atoms with Crippen LogP contribution in [-0.4, -0.2) is 97.2 Å². The molecule has 3 fully saturated rings. The quantitative estimate of drug-likeness (QED) is 0.0704. The Balaban J connectivity index is 0.000000241. The molecule has 0 spiro atoms. The number of aliphatic carboxylic acids is 3. The van der Waals surface area contributed by atoms with Crippen LogP contribution in [-0.2, 0) is 42.9 Å². The molecule has 380 valence electrons. The van der Waals surface area contributed by atoms with Crippen LogP contribution in [0.2, 0.25) is 0 Å². The summed E-state index contributed by atoms with van der Waals surface area (Å²) in [7, 11) is 0. The summed E-state index contributed by atoms with van der Waals surface area (Å²) in [6, 6.07) is 0. The molecule has 6 rings (SSSR count). The molecule has 0 radical (unpaired) electrons. The molecule has 6 aliphatic rings. The molecule has 0 aliphatic heterocycles. The number of allylic oxidation sites excluding steroid dienone is 6. The minimum atomic E-state index is -4.63. The van der Waals surface area contributed by atoms with Crippen molar-refractivity contribution in [2.75, 3.05) is 6.61 Å². The monoisotopic (exact) mass is 955 g/mol. The summed E-state index contributed by atoms with van der Waals surface area (Å²) in [5.74, 6) is 0.903. The summed E-state index contributed by atoms with van der Waals surface area (Å²) in [5.41, 5.74) is -4.74. The fraction of sp³-hybridized carbons (Fsp3) is 0.745. The molecule has 6 bridgehead atoms. The van der Waals surface area contributed by atoms with Gasteiger partial charge in [-0.2, -0.15) is 13.2 Å². The molecule has 11 atom stereocenters. The lowest BCUT2D eigenvalue weighted by atomic mass is 9.80. The molecule has 6 aliphatic carbocycles. The molecule has 0 saturated heterocycles. The van der Waals surface area contributed by atoms with Crippen LogP contribution < -0.4 is 0 Å². The van der Waals surface area contributed by atoms with E-state index in [2.05, 4.69) is 43.0 Å². The van der Waals surface area contributed by atoms with Crippen molar-refractivity contribution in [1.29, 1.82) is 0 Å². The summed E-state index contributed by atoms with van der Waals surface area (Å²) >= 11 is 0. The van der Waals surface area contributed by atoms with Gasteiger partial charge in [-0.15, -0.1) is 0 Å². The second-order valence-corrected chi connectivity index (χ2v) is 21.6.